The topological polar surface area (TPSA) is 58.4 Å². The van der Waals surface area contributed by atoms with Gasteiger partial charge in [0.1, 0.15) is 11.0 Å². The van der Waals surface area contributed by atoms with Crippen LogP contribution in [0.4, 0.5) is 5.69 Å². The molecule has 0 aliphatic heterocycles. The Labute approximate surface area is 131 Å². The molecular formula is C16H23N3OS. The van der Waals surface area contributed by atoms with Gasteiger partial charge in [-0.15, -0.1) is 0 Å². The number of hydrogen-bond donors (Lipinski definition) is 2. The molecule has 1 fully saturated rings. The summed E-state index contributed by atoms with van der Waals surface area (Å²) in [5.74, 6) is 0.0575. The monoisotopic (exact) mass is 305 g/mol. The van der Waals surface area contributed by atoms with Crippen molar-refractivity contribution in [3.05, 3.63) is 29.8 Å². The second-order valence-electron chi connectivity index (χ2n) is 5.66. The van der Waals surface area contributed by atoms with E-state index in [4.69, 9.17) is 18.0 Å². The van der Waals surface area contributed by atoms with Gasteiger partial charge in [-0.05, 0) is 31.9 Å². The van der Waals surface area contributed by atoms with Crippen LogP contribution in [0.2, 0.25) is 0 Å². The first kappa shape index (κ1) is 15.8. The molecule has 1 aliphatic carbocycles. The Bertz CT molecular complexity index is 526. The molecule has 1 aromatic carbocycles. The molecule has 2 rings (SSSR count). The molecule has 21 heavy (non-hydrogen) atoms. The molecule has 1 aromatic rings. The first-order valence-electron chi connectivity index (χ1n) is 7.42. The zero-order valence-electron chi connectivity index (χ0n) is 12.6. The second-order valence-corrected chi connectivity index (χ2v) is 6.10. The summed E-state index contributed by atoms with van der Waals surface area (Å²) in [7, 11) is 1.90. The van der Waals surface area contributed by atoms with Crippen molar-refractivity contribution >= 4 is 28.8 Å². The molecule has 1 amide bonds. The van der Waals surface area contributed by atoms with Gasteiger partial charge in [0, 0.05) is 24.3 Å². The van der Waals surface area contributed by atoms with Crippen LogP contribution in [0, 0.1) is 0 Å². The summed E-state index contributed by atoms with van der Waals surface area (Å²) in [5.41, 5.74) is 7.45. The number of para-hydroxylation sites is 1. The van der Waals surface area contributed by atoms with E-state index in [1.807, 2.05) is 43.1 Å². The summed E-state index contributed by atoms with van der Waals surface area (Å²) in [6.45, 7) is 1.90. The Morgan fingerprint density at radius 2 is 2.00 bits per heavy atom. The molecule has 4 nitrogen and oxygen atoms in total. The van der Waals surface area contributed by atoms with Crippen LogP contribution in [0.1, 0.15) is 38.2 Å². The zero-order valence-corrected chi connectivity index (χ0v) is 13.5. The quantitative estimate of drug-likeness (QED) is 0.819. The Kier molecular flexibility index (Phi) is 5.17. The fourth-order valence-corrected chi connectivity index (χ4v) is 2.94. The van der Waals surface area contributed by atoms with Crippen molar-refractivity contribution in [2.45, 2.75) is 44.7 Å². The number of hydrogen-bond acceptors (Lipinski definition) is 3. The average molecular weight is 305 g/mol. The van der Waals surface area contributed by atoms with Crippen molar-refractivity contribution in [2.24, 2.45) is 5.73 Å². The van der Waals surface area contributed by atoms with Crippen LogP contribution >= 0.6 is 12.2 Å². The number of thiocarbonyl (C=S) groups is 1. The number of nitrogens with zero attached hydrogens (tertiary/aromatic N) is 1. The highest BCUT2D eigenvalue weighted by atomic mass is 32.1. The number of likely N-dealkylation sites (N-methyl/N-ethyl adjacent to an activating group) is 1. The Morgan fingerprint density at radius 1 is 1.38 bits per heavy atom. The first-order valence-corrected chi connectivity index (χ1v) is 7.83. The van der Waals surface area contributed by atoms with Gasteiger partial charge in [-0.1, -0.05) is 37.2 Å². The molecule has 0 bridgehead atoms. The number of amides is 1. The van der Waals surface area contributed by atoms with Crippen molar-refractivity contribution in [1.82, 2.24) is 5.32 Å². The van der Waals surface area contributed by atoms with Gasteiger partial charge in [-0.3, -0.25) is 4.79 Å². The van der Waals surface area contributed by atoms with Crippen molar-refractivity contribution in [3.8, 4) is 0 Å². The molecule has 114 valence electrons. The molecule has 0 saturated heterocycles. The third-order valence-electron chi connectivity index (χ3n) is 4.21. The lowest BCUT2D eigenvalue weighted by atomic mass is 10.1. The lowest BCUT2D eigenvalue weighted by molar-refractivity contribution is -0.122. The van der Waals surface area contributed by atoms with Crippen molar-refractivity contribution < 1.29 is 4.79 Å². The number of benzene rings is 1. The van der Waals surface area contributed by atoms with E-state index in [-0.39, 0.29) is 11.9 Å². The zero-order chi connectivity index (χ0) is 15.4. The maximum Gasteiger partial charge on any atom is 0.242 e. The summed E-state index contributed by atoms with van der Waals surface area (Å²) in [6, 6.07) is 7.72. The number of carbonyl (C=O) groups excluding carboxylic acids is 1. The molecule has 1 saturated carbocycles. The number of rotatable bonds is 5. The number of carbonyl (C=O) groups is 1. The molecule has 0 radical (unpaired) electrons. The Balaban J connectivity index is 2.09. The number of anilines is 1. The van der Waals surface area contributed by atoms with E-state index in [1.165, 1.54) is 12.8 Å². The maximum atomic E-state index is 12.4. The maximum absolute atomic E-state index is 12.4. The Morgan fingerprint density at radius 3 is 2.62 bits per heavy atom. The van der Waals surface area contributed by atoms with Gasteiger partial charge in [-0.2, -0.15) is 0 Å². The second kappa shape index (κ2) is 6.89. The largest absolute Gasteiger partial charge is 0.389 e. The van der Waals surface area contributed by atoms with Crippen LogP contribution in [0.5, 0.6) is 0 Å². The smallest absolute Gasteiger partial charge is 0.242 e. The van der Waals surface area contributed by atoms with E-state index in [2.05, 4.69) is 5.32 Å². The van der Waals surface area contributed by atoms with Gasteiger partial charge in [0.2, 0.25) is 5.91 Å². The van der Waals surface area contributed by atoms with Crippen molar-refractivity contribution in [1.29, 1.82) is 0 Å². The molecule has 0 heterocycles. The molecular weight excluding hydrogens is 282 g/mol. The van der Waals surface area contributed by atoms with Gasteiger partial charge in [0.15, 0.2) is 0 Å². The van der Waals surface area contributed by atoms with Gasteiger partial charge < -0.3 is 16.0 Å². The van der Waals surface area contributed by atoms with Crippen LogP contribution in [0.3, 0.4) is 0 Å². The predicted molar refractivity (Wildman–Crippen MR) is 90.6 cm³/mol. The van der Waals surface area contributed by atoms with Crippen LogP contribution in [0.25, 0.3) is 0 Å². The minimum absolute atomic E-state index is 0.0575. The van der Waals surface area contributed by atoms with Gasteiger partial charge in [0.25, 0.3) is 0 Å². The molecule has 1 aliphatic rings. The van der Waals surface area contributed by atoms with Crippen LogP contribution in [0.15, 0.2) is 24.3 Å². The minimum atomic E-state index is -0.263. The van der Waals surface area contributed by atoms with E-state index < -0.39 is 0 Å². The summed E-state index contributed by atoms with van der Waals surface area (Å²) in [4.78, 5) is 14.7. The van der Waals surface area contributed by atoms with Gasteiger partial charge >= 0.3 is 0 Å². The molecule has 0 spiro atoms. The third-order valence-corrected chi connectivity index (χ3v) is 4.43. The molecule has 0 aromatic heterocycles. The van der Waals surface area contributed by atoms with E-state index in [9.17, 15) is 4.79 Å². The molecule has 1 atom stereocenters. The van der Waals surface area contributed by atoms with Crippen LogP contribution < -0.4 is 16.0 Å². The van der Waals surface area contributed by atoms with E-state index in [1.54, 1.807) is 0 Å². The number of nitrogens with two attached hydrogens (primary N) is 1. The van der Waals surface area contributed by atoms with Gasteiger partial charge in [0.05, 0.1) is 0 Å². The molecule has 1 unspecified atom stereocenters. The minimum Gasteiger partial charge on any atom is -0.389 e. The lowest BCUT2D eigenvalue weighted by Crippen LogP contribution is -2.46. The van der Waals surface area contributed by atoms with E-state index >= 15 is 0 Å². The van der Waals surface area contributed by atoms with E-state index in [0.717, 1.165) is 24.1 Å². The first-order chi connectivity index (χ1) is 10.0. The summed E-state index contributed by atoms with van der Waals surface area (Å²) < 4.78 is 0. The van der Waals surface area contributed by atoms with Crippen LogP contribution in [-0.2, 0) is 4.79 Å². The number of nitrogens with one attached hydrogen (secondary N) is 1. The summed E-state index contributed by atoms with van der Waals surface area (Å²) in [6.07, 6.45) is 4.59. The molecule has 5 heteroatoms. The highest BCUT2D eigenvalue weighted by Crippen LogP contribution is 2.22. The standard InChI is InChI=1S/C16H23N3OS/c1-11(16(20)18-12-7-3-4-8-12)19(2)14-10-6-5-9-13(14)15(17)21/h5-6,9-12H,3-4,7-8H2,1-2H3,(H2,17,21)(H,18,20). The lowest BCUT2D eigenvalue weighted by Gasteiger charge is -2.29. The SMILES string of the molecule is CC(C(=O)NC1CCCC1)N(C)c1ccccc1C(N)=S. The predicted octanol–water partition coefficient (Wildman–Crippen LogP) is 2.20. The van der Waals surface area contributed by atoms with E-state index in [0.29, 0.717) is 11.0 Å². The van der Waals surface area contributed by atoms with Crippen molar-refractivity contribution in [2.75, 3.05) is 11.9 Å². The normalized spacial score (nSPS) is 16.5. The highest BCUT2D eigenvalue weighted by molar-refractivity contribution is 7.80. The highest BCUT2D eigenvalue weighted by Gasteiger charge is 2.24. The van der Waals surface area contributed by atoms with Crippen molar-refractivity contribution in [3.63, 3.8) is 0 Å². The van der Waals surface area contributed by atoms with Crippen LogP contribution in [-0.4, -0.2) is 30.0 Å². The fraction of sp³-hybridized carbons (Fsp3) is 0.500. The van der Waals surface area contributed by atoms with Gasteiger partial charge in [-0.25, -0.2) is 0 Å². The summed E-state index contributed by atoms with van der Waals surface area (Å²) >= 11 is 5.09. The fourth-order valence-electron chi connectivity index (χ4n) is 2.77. The molecule has 3 N–H and O–H groups in total. The third kappa shape index (κ3) is 3.73. The average Bonchev–Trinajstić information content (AvgIpc) is 2.98. The Hall–Kier alpha value is -1.62. The summed E-state index contributed by atoms with van der Waals surface area (Å²) in [5, 5.41) is 3.13.